The van der Waals surface area contributed by atoms with Crippen LogP contribution in [0.2, 0.25) is 0 Å². The van der Waals surface area contributed by atoms with E-state index in [4.69, 9.17) is 5.41 Å². The third kappa shape index (κ3) is 2.16. The first kappa shape index (κ1) is 11.3. The summed E-state index contributed by atoms with van der Waals surface area (Å²) in [6.45, 7) is 3.34. The van der Waals surface area contributed by atoms with E-state index < -0.39 is 0 Å². The van der Waals surface area contributed by atoms with E-state index in [1.165, 1.54) is 18.4 Å². The van der Waals surface area contributed by atoms with E-state index in [0.29, 0.717) is 11.6 Å². The van der Waals surface area contributed by atoms with Gasteiger partial charge in [-0.15, -0.1) is 0 Å². The second-order valence-corrected chi connectivity index (χ2v) is 4.90. The number of Topliss-reactive ketones (excluding diaryl/α,β-unsaturated/α-hetero) is 1. The van der Waals surface area contributed by atoms with Crippen LogP contribution >= 0.6 is 0 Å². The molecule has 0 aromatic heterocycles. The first-order valence-corrected chi connectivity index (χ1v) is 6.07. The first-order valence-electron chi connectivity index (χ1n) is 6.07. The Morgan fingerprint density at radius 2 is 1.94 bits per heavy atom. The zero-order valence-electron chi connectivity index (χ0n) is 10.0. The maximum Gasteiger partial charge on any atom is 0.142 e. The van der Waals surface area contributed by atoms with Gasteiger partial charge in [-0.3, -0.25) is 4.79 Å². The van der Waals surface area contributed by atoms with E-state index in [1.807, 2.05) is 0 Å². The second-order valence-electron chi connectivity index (χ2n) is 4.90. The van der Waals surface area contributed by atoms with Crippen molar-refractivity contribution in [2.75, 3.05) is 0 Å². The van der Waals surface area contributed by atoms with Gasteiger partial charge in [0.05, 0.1) is 5.92 Å². The monoisotopic (exact) mass is 217 g/mol. The van der Waals surface area contributed by atoms with Crippen LogP contribution in [-0.2, 0) is 4.79 Å². The molecule has 0 heterocycles. The van der Waals surface area contributed by atoms with Gasteiger partial charge in [0, 0.05) is 5.71 Å². The Morgan fingerprint density at radius 3 is 2.44 bits per heavy atom. The minimum atomic E-state index is -0.285. The fourth-order valence-corrected chi connectivity index (χ4v) is 2.55. The summed E-state index contributed by atoms with van der Waals surface area (Å²) in [5, 5.41) is 7.78. The third-order valence-electron chi connectivity index (χ3n) is 3.40. The lowest BCUT2D eigenvalue weighted by Gasteiger charge is -2.22. The van der Waals surface area contributed by atoms with Gasteiger partial charge in [0.1, 0.15) is 5.78 Å². The zero-order chi connectivity index (χ0) is 11.7. The van der Waals surface area contributed by atoms with Crippen LogP contribution in [0.15, 0.2) is 23.3 Å². The molecule has 1 fully saturated rings. The summed E-state index contributed by atoms with van der Waals surface area (Å²) in [5.74, 6) is 0.493. The van der Waals surface area contributed by atoms with Gasteiger partial charge in [-0.25, -0.2) is 0 Å². The Kier molecular flexibility index (Phi) is 3.08. The average Bonchev–Trinajstić information content (AvgIpc) is 3.00. The molecule has 1 unspecified atom stereocenters. The van der Waals surface area contributed by atoms with Gasteiger partial charge in [0.2, 0.25) is 0 Å². The second kappa shape index (κ2) is 4.36. The van der Waals surface area contributed by atoms with Gasteiger partial charge in [0.25, 0.3) is 0 Å². The van der Waals surface area contributed by atoms with Crippen LogP contribution < -0.4 is 0 Å². The molecular weight excluding hydrogens is 198 g/mol. The predicted octanol–water partition coefficient (Wildman–Crippen LogP) is 3.29. The predicted molar refractivity (Wildman–Crippen MR) is 65.7 cm³/mol. The molecule has 1 N–H and O–H groups in total. The van der Waals surface area contributed by atoms with Gasteiger partial charge in [-0.05, 0) is 56.6 Å². The molecule has 0 spiro atoms. The molecule has 2 rings (SSSR count). The van der Waals surface area contributed by atoms with Crippen LogP contribution in [-0.4, -0.2) is 11.5 Å². The normalized spacial score (nSPS) is 22.1. The van der Waals surface area contributed by atoms with E-state index in [2.05, 4.69) is 12.2 Å². The Hall–Kier alpha value is -1.18. The molecule has 1 atom stereocenters. The molecule has 0 amide bonds. The average molecular weight is 217 g/mol. The molecule has 2 heteroatoms. The lowest BCUT2D eigenvalue weighted by Crippen LogP contribution is -2.23. The molecule has 2 aliphatic carbocycles. The molecule has 0 radical (unpaired) electrons. The van der Waals surface area contributed by atoms with Crippen molar-refractivity contribution in [2.24, 2.45) is 11.8 Å². The highest BCUT2D eigenvalue weighted by atomic mass is 16.1. The number of carbonyl (C=O) groups excluding carboxylic acids is 1. The summed E-state index contributed by atoms with van der Waals surface area (Å²) in [4.78, 5) is 11.7. The molecule has 86 valence electrons. The number of nitrogens with one attached hydrogen (secondary N) is 1. The van der Waals surface area contributed by atoms with Crippen molar-refractivity contribution in [1.82, 2.24) is 0 Å². The van der Waals surface area contributed by atoms with E-state index in [1.54, 1.807) is 13.8 Å². The van der Waals surface area contributed by atoms with E-state index >= 15 is 0 Å². The highest BCUT2D eigenvalue weighted by Gasteiger charge is 2.33. The quantitative estimate of drug-likeness (QED) is 0.721. The van der Waals surface area contributed by atoms with Crippen molar-refractivity contribution in [3.8, 4) is 0 Å². The van der Waals surface area contributed by atoms with Gasteiger partial charge in [-0.2, -0.15) is 0 Å². The fourth-order valence-electron chi connectivity index (χ4n) is 2.55. The van der Waals surface area contributed by atoms with Crippen LogP contribution in [0.5, 0.6) is 0 Å². The van der Waals surface area contributed by atoms with Crippen LogP contribution in [0.3, 0.4) is 0 Å². The van der Waals surface area contributed by atoms with Gasteiger partial charge in [0.15, 0.2) is 0 Å². The van der Waals surface area contributed by atoms with E-state index in [-0.39, 0.29) is 11.7 Å². The highest BCUT2D eigenvalue weighted by molar-refractivity contribution is 6.05. The van der Waals surface area contributed by atoms with Gasteiger partial charge < -0.3 is 5.41 Å². The fraction of sp³-hybridized carbons (Fsp3) is 0.571. The maximum absolute atomic E-state index is 11.7. The van der Waals surface area contributed by atoms with Gasteiger partial charge in [-0.1, -0.05) is 12.2 Å². The molecule has 1 saturated carbocycles. The number of hydrogen-bond acceptors (Lipinski definition) is 2. The largest absolute Gasteiger partial charge is 0.309 e. The van der Waals surface area contributed by atoms with E-state index in [9.17, 15) is 4.79 Å². The number of hydrogen-bond donors (Lipinski definition) is 1. The van der Waals surface area contributed by atoms with Crippen molar-refractivity contribution in [3.05, 3.63) is 23.3 Å². The van der Waals surface area contributed by atoms with Crippen LogP contribution in [0.1, 0.15) is 39.5 Å². The summed E-state index contributed by atoms with van der Waals surface area (Å²) in [6, 6.07) is 0. The topological polar surface area (TPSA) is 40.9 Å². The minimum Gasteiger partial charge on any atom is -0.309 e. The Morgan fingerprint density at radius 1 is 1.31 bits per heavy atom. The summed E-state index contributed by atoms with van der Waals surface area (Å²) < 4.78 is 0. The molecule has 2 aliphatic rings. The van der Waals surface area contributed by atoms with Crippen LogP contribution in [0, 0.1) is 17.2 Å². The van der Waals surface area contributed by atoms with Crippen LogP contribution in [0.25, 0.3) is 0 Å². The molecule has 0 aliphatic heterocycles. The van der Waals surface area contributed by atoms with E-state index in [0.717, 1.165) is 18.4 Å². The number of carbonyl (C=O) groups is 1. The molecule has 0 bridgehead atoms. The highest BCUT2D eigenvalue weighted by Crippen LogP contribution is 2.44. The molecular formula is C14H19NO. The lowest BCUT2D eigenvalue weighted by molar-refractivity contribution is -0.118. The number of ketones is 1. The summed E-state index contributed by atoms with van der Waals surface area (Å²) in [7, 11) is 0. The standard InChI is InChI=1S/C14H19NO/c1-9(15)14(10(2)16)13-6-4-3-5-12(13)11-7-8-11/h5-6,11,14-15H,3-4,7-8H2,1-2H3. The number of allylic oxidation sites excluding steroid dienone is 4. The zero-order valence-corrected chi connectivity index (χ0v) is 10.0. The molecule has 0 aromatic carbocycles. The Bertz CT molecular complexity index is 372. The molecule has 16 heavy (non-hydrogen) atoms. The Balaban J connectivity index is 2.29. The minimum absolute atomic E-state index is 0.104. The summed E-state index contributed by atoms with van der Waals surface area (Å²) in [5.41, 5.74) is 2.97. The van der Waals surface area contributed by atoms with Crippen molar-refractivity contribution < 1.29 is 4.79 Å². The summed E-state index contributed by atoms with van der Waals surface area (Å²) in [6.07, 6.45) is 9.08. The lowest BCUT2D eigenvalue weighted by atomic mass is 9.81. The molecule has 0 aromatic rings. The Labute approximate surface area is 96.9 Å². The van der Waals surface area contributed by atoms with Gasteiger partial charge >= 0.3 is 0 Å². The number of rotatable bonds is 4. The maximum atomic E-state index is 11.7. The van der Waals surface area contributed by atoms with Crippen molar-refractivity contribution in [3.63, 3.8) is 0 Å². The smallest absolute Gasteiger partial charge is 0.142 e. The first-order chi connectivity index (χ1) is 7.61. The van der Waals surface area contributed by atoms with Crippen LogP contribution in [0.4, 0.5) is 0 Å². The molecule has 2 nitrogen and oxygen atoms in total. The molecule has 0 saturated heterocycles. The van der Waals surface area contributed by atoms with Crippen molar-refractivity contribution >= 4 is 11.5 Å². The van der Waals surface area contributed by atoms with Crippen molar-refractivity contribution in [2.45, 2.75) is 39.5 Å². The third-order valence-corrected chi connectivity index (χ3v) is 3.40. The SMILES string of the molecule is CC(=N)C(C(C)=O)C1=CCCC=C1C1CC1. The van der Waals surface area contributed by atoms with Crippen molar-refractivity contribution in [1.29, 1.82) is 5.41 Å². The summed E-state index contributed by atoms with van der Waals surface area (Å²) >= 11 is 0.